The SMILES string of the molecule is CCC1(O)CN(C(=O)C2CCCCS2(=O)=O)C1. The van der Waals surface area contributed by atoms with Crippen molar-refractivity contribution in [1.29, 1.82) is 0 Å². The lowest BCUT2D eigenvalue weighted by Gasteiger charge is -2.47. The molecular formula is C11H19NO4S. The molecule has 0 aliphatic carbocycles. The highest BCUT2D eigenvalue weighted by Gasteiger charge is 2.46. The Bertz CT molecular complexity index is 411. The molecule has 0 radical (unpaired) electrons. The summed E-state index contributed by atoms with van der Waals surface area (Å²) in [6.45, 7) is 2.40. The summed E-state index contributed by atoms with van der Waals surface area (Å²) >= 11 is 0. The van der Waals surface area contributed by atoms with Crippen LogP contribution in [0, 0.1) is 0 Å². The Morgan fingerprint density at radius 1 is 1.41 bits per heavy atom. The van der Waals surface area contributed by atoms with E-state index in [0.29, 0.717) is 19.3 Å². The minimum Gasteiger partial charge on any atom is -0.386 e. The van der Waals surface area contributed by atoms with E-state index in [-0.39, 0.29) is 24.7 Å². The summed E-state index contributed by atoms with van der Waals surface area (Å²) in [6.07, 6.45) is 2.48. The van der Waals surface area contributed by atoms with Gasteiger partial charge >= 0.3 is 0 Å². The average molecular weight is 261 g/mol. The molecule has 98 valence electrons. The summed E-state index contributed by atoms with van der Waals surface area (Å²) in [5.74, 6) is -0.196. The third-order valence-electron chi connectivity index (χ3n) is 3.79. The van der Waals surface area contributed by atoms with Crippen LogP contribution in [0.3, 0.4) is 0 Å². The molecule has 0 aromatic heterocycles. The van der Waals surface area contributed by atoms with Gasteiger partial charge in [0.25, 0.3) is 0 Å². The van der Waals surface area contributed by atoms with Crippen molar-refractivity contribution in [3.8, 4) is 0 Å². The van der Waals surface area contributed by atoms with Crippen LogP contribution in [-0.4, -0.2) is 54.0 Å². The molecule has 17 heavy (non-hydrogen) atoms. The molecular weight excluding hydrogens is 242 g/mol. The zero-order valence-corrected chi connectivity index (χ0v) is 10.9. The molecule has 2 saturated heterocycles. The number of carbonyl (C=O) groups excluding carboxylic acids is 1. The number of hydrogen-bond donors (Lipinski definition) is 1. The van der Waals surface area contributed by atoms with Crippen molar-refractivity contribution in [3.63, 3.8) is 0 Å². The number of rotatable bonds is 2. The summed E-state index contributed by atoms with van der Waals surface area (Å²) < 4.78 is 23.6. The molecule has 0 spiro atoms. The van der Waals surface area contributed by atoms with Crippen LogP contribution < -0.4 is 0 Å². The Morgan fingerprint density at radius 3 is 2.59 bits per heavy atom. The molecule has 5 nitrogen and oxygen atoms in total. The summed E-state index contributed by atoms with van der Waals surface area (Å²) in [4.78, 5) is 13.5. The molecule has 1 unspecified atom stereocenters. The Hall–Kier alpha value is -0.620. The Labute approximate surface area is 102 Å². The van der Waals surface area contributed by atoms with Crippen molar-refractivity contribution in [2.24, 2.45) is 0 Å². The molecule has 0 saturated carbocycles. The highest BCUT2D eigenvalue weighted by Crippen LogP contribution is 2.28. The summed E-state index contributed by atoms with van der Waals surface area (Å²) in [7, 11) is -3.26. The number of amides is 1. The largest absolute Gasteiger partial charge is 0.386 e. The zero-order chi connectivity index (χ0) is 12.7. The number of carbonyl (C=O) groups is 1. The molecule has 2 aliphatic rings. The maximum atomic E-state index is 12.0. The van der Waals surface area contributed by atoms with Crippen molar-refractivity contribution in [2.75, 3.05) is 18.8 Å². The van der Waals surface area contributed by atoms with Crippen molar-refractivity contribution in [1.82, 2.24) is 4.90 Å². The van der Waals surface area contributed by atoms with E-state index in [9.17, 15) is 18.3 Å². The second-order valence-electron chi connectivity index (χ2n) is 5.12. The molecule has 2 heterocycles. The van der Waals surface area contributed by atoms with Gasteiger partial charge in [0.2, 0.25) is 5.91 Å². The van der Waals surface area contributed by atoms with E-state index in [0.717, 1.165) is 6.42 Å². The van der Waals surface area contributed by atoms with Gasteiger partial charge in [-0.3, -0.25) is 4.79 Å². The lowest BCUT2D eigenvalue weighted by molar-refractivity contribution is -0.155. The molecule has 2 rings (SSSR count). The Balaban J connectivity index is 2.02. The molecule has 1 atom stereocenters. The predicted octanol–water partition coefficient (Wildman–Crippen LogP) is -0.0630. The van der Waals surface area contributed by atoms with Crippen molar-refractivity contribution < 1.29 is 18.3 Å². The maximum Gasteiger partial charge on any atom is 0.241 e. The van der Waals surface area contributed by atoms with Gasteiger partial charge in [-0.25, -0.2) is 8.42 Å². The number of β-amino-alcohol motifs (C(OH)–C–C–N with tert-alkyl or cyclic N) is 1. The smallest absolute Gasteiger partial charge is 0.241 e. The minimum atomic E-state index is -3.26. The lowest BCUT2D eigenvalue weighted by atomic mass is 9.91. The molecule has 6 heteroatoms. The van der Waals surface area contributed by atoms with Crippen LogP contribution in [0.2, 0.25) is 0 Å². The van der Waals surface area contributed by atoms with Gasteiger partial charge in [0.15, 0.2) is 9.84 Å². The van der Waals surface area contributed by atoms with Gasteiger partial charge in [-0.2, -0.15) is 0 Å². The van der Waals surface area contributed by atoms with Gasteiger partial charge in [-0.05, 0) is 19.3 Å². The summed E-state index contributed by atoms with van der Waals surface area (Å²) in [5, 5.41) is 8.96. The number of hydrogen-bond acceptors (Lipinski definition) is 4. The van der Waals surface area contributed by atoms with Gasteiger partial charge in [0, 0.05) is 0 Å². The summed E-state index contributed by atoms with van der Waals surface area (Å²) in [5.41, 5.74) is -0.798. The molecule has 1 N–H and O–H groups in total. The molecule has 0 aromatic carbocycles. The molecule has 0 bridgehead atoms. The fourth-order valence-electron chi connectivity index (χ4n) is 2.48. The fraction of sp³-hybridized carbons (Fsp3) is 0.909. The van der Waals surface area contributed by atoms with E-state index >= 15 is 0 Å². The number of likely N-dealkylation sites (tertiary alicyclic amines) is 1. The van der Waals surface area contributed by atoms with Crippen molar-refractivity contribution >= 4 is 15.7 Å². The van der Waals surface area contributed by atoms with E-state index in [1.807, 2.05) is 6.92 Å². The van der Waals surface area contributed by atoms with Crippen LogP contribution in [0.15, 0.2) is 0 Å². The van der Waals surface area contributed by atoms with Crippen LogP contribution in [0.4, 0.5) is 0 Å². The molecule has 2 fully saturated rings. The van der Waals surface area contributed by atoms with E-state index in [4.69, 9.17) is 0 Å². The third kappa shape index (κ3) is 2.33. The minimum absolute atomic E-state index is 0.120. The Morgan fingerprint density at radius 2 is 2.06 bits per heavy atom. The first-order chi connectivity index (χ1) is 7.88. The lowest BCUT2D eigenvalue weighted by Crippen LogP contribution is -2.65. The molecule has 1 amide bonds. The van der Waals surface area contributed by atoms with Gasteiger partial charge in [0.1, 0.15) is 5.25 Å². The first-order valence-electron chi connectivity index (χ1n) is 6.11. The maximum absolute atomic E-state index is 12.0. The standard InChI is InChI=1S/C11H19NO4S/c1-2-11(14)7-12(8-11)10(13)9-5-3-4-6-17(9,15)16/h9,14H,2-8H2,1H3. The van der Waals surface area contributed by atoms with Crippen LogP contribution in [-0.2, 0) is 14.6 Å². The number of sulfone groups is 1. The number of aliphatic hydroxyl groups is 1. The van der Waals surface area contributed by atoms with Crippen LogP contribution in [0.1, 0.15) is 32.6 Å². The van der Waals surface area contributed by atoms with E-state index in [1.54, 1.807) is 0 Å². The number of nitrogens with zero attached hydrogens (tertiary/aromatic N) is 1. The highest BCUT2D eigenvalue weighted by atomic mass is 32.2. The van der Waals surface area contributed by atoms with Gasteiger partial charge in [-0.15, -0.1) is 0 Å². The fourth-order valence-corrected chi connectivity index (χ4v) is 4.35. The monoisotopic (exact) mass is 261 g/mol. The van der Waals surface area contributed by atoms with Crippen LogP contribution in [0.5, 0.6) is 0 Å². The van der Waals surface area contributed by atoms with Gasteiger partial charge in [-0.1, -0.05) is 13.3 Å². The topological polar surface area (TPSA) is 74.7 Å². The van der Waals surface area contributed by atoms with Gasteiger partial charge < -0.3 is 10.0 Å². The normalized spacial score (nSPS) is 30.7. The van der Waals surface area contributed by atoms with E-state index in [2.05, 4.69) is 0 Å². The second-order valence-corrected chi connectivity index (χ2v) is 7.43. The van der Waals surface area contributed by atoms with Crippen LogP contribution >= 0.6 is 0 Å². The molecule has 2 aliphatic heterocycles. The van der Waals surface area contributed by atoms with Crippen molar-refractivity contribution in [2.45, 2.75) is 43.5 Å². The quantitative estimate of drug-likeness (QED) is 0.755. The first-order valence-corrected chi connectivity index (χ1v) is 7.82. The summed E-state index contributed by atoms with van der Waals surface area (Å²) in [6, 6.07) is 0. The second kappa shape index (κ2) is 4.24. The van der Waals surface area contributed by atoms with Gasteiger partial charge in [0.05, 0.1) is 24.4 Å². The average Bonchev–Trinajstić information content (AvgIpc) is 2.23. The predicted molar refractivity (Wildman–Crippen MR) is 63.2 cm³/mol. The third-order valence-corrected chi connectivity index (χ3v) is 5.96. The Kier molecular flexibility index (Phi) is 3.20. The van der Waals surface area contributed by atoms with E-state index < -0.39 is 20.7 Å². The van der Waals surface area contributed by atoms with Crippen molar-refractivity contribution in [3.05, 3.63) is 0 Å². The highest BCUT2D eigenvalue weighted by molar-refractivity contribution is 7.92. The zero-order valence-electron chi connectivity index (χ0n) is 10.1. The molecule has 0 aromatic rings. The first kappa shape index (κ1) is 12.8. The van der Waals surface area contributed by atoms with Crippen LogP contribution in [0.25, 0.3) is 0 Å². The van der Waals surface area contributed by atoms with E-state index in [1.165, 1.54) is 4.90 Å².